The van der Waals surface area contributed by atoms with Crippen LogP contribution in [0.3, 0.4) is 0 Å². The summed E-state index contributed by atoms with van der Waals surface area (Å²) in [5.41, 5.74) is 0.283. The first-order valence-corrected chi connectivity index (χ1v) is 7.75. The number of rotatable bonds is 3. The summed E-state index contributed by atoms with van der Waals surface area (Å²) in [7, 11) is 0. The number of nitrogens with zero attached hydrogens (tertiary/aromatic N) is 5. The minimum Gasteiger partial charge on any atom is -0.357 e. The molecule has 9 heteroatoms. The highest BCUT2D eigenvalue weighted by atomic mass is 19.1. The van der Waals surface area contributed by atoms with Crippen molar-refractivity contribution >= 4 is 23.1 Å². The number of carbonyl (C=O) groups excluding carboxylic acids is 1. The molecule has 1 aromatic carbocycles. The van der Waals surface area contributed by atoms with Crippen LogP contribution in [0.15, 0.2) is 30.3 Å². The van der Waals surface area contributed by atoms with Crippen LogP contribution in [0.2, 0.25) is 0 Å². The minimum atomic E-state index is -0.756. The fraction of sp³-hybridized carbons (Fsp3) is 0.250. The van der Waals surface area contributed by atoms with Gasteiger partial charge in [0.1, 0.15) is 29.2 Å². The van der Waals surface area contributed by atoms with Crippen molar-refractivity contribution < 1.29 is 13.6 Å². The second-order valence-electron chi connectivity index (χ2n) is 5.78. The molecule has 0 saturated carbocycles. The monoisotopic (exact) mass is 344 g/mol. The highest BCUT2D eigenvalue weighted by Gasteiger charge is 2.35. The molecule has 2 aromatic heterocycles. The Bertz CT molecular complexity index is 952. The highest BCUT2D eigenvalue weighted by Crippen LogP contribution is 2.28. The summed E-state index contributed by atoms with van der Waals surface area (Å²) in [5.74, 6) is -0.829. The summed E-state index contributed by atoms with van der Waals surface area (Å²) >= 11 is 0. The number of benzene rings is 1. The third-order valence-electron chi connectivity index (χ3n) is 4.15. The molecule has 1 N–H and O–H groups in total. The van der Waals surface area contributed by atoms with E-state index in [1.807, 2.05) is 0 Å². The largest absolute Gasteiger partial charge is 0.357 e. The van der Waals surface area contributed by atoms with Gasteiger partial charge in [0.25, 0.3) is 0 Å². The normalized spacial score (nSPS) is 17.5. The number of amides is 1. The van der Waals surface area contributed by atoms with Crippen molar-refractivity contribution in [2.45, 2.75) is 19.4 Å². The molecule has 0 bridgehead atoms. The average Bonchev–Trinajstić information content (AvgIpc) is 3.13. The Kier molecular flexibility index (Phi) is 3.56. The summed E-state index contributed by atoms with van der Waals surface area (Å²) in [6.45, 7) is 1.99. The molecule has 128 valence electrons. The van der Waals surface area contributed by atoms with Gasteiger partial charge in [0.2, 0.25) is 5.91 Å². The Hall–Kier alpha value is -3.10. The van der Waals surface area contributed by atoms with E-state index >= 15 is 0 Å². The van der Waals surface area contributed by atoms with Crippen LogP contribution in [0, 0.1) is 18.6 Å². The summed E-state index contributed by atoms with van der Waals surface area (Å²) in [5, 5.41) is 15.2. The van der Waals surface area contributed by atoms with Gasteiger partial charge in [-0.1, -0.05) is 6.07 Å². The molecule has 1 aliphatic rings. The standard InChI is InChI=1S/C16H14F2N6O/c1-9-20-21-14-6-5-13(22-24(9)14)19-12-7-8-23(16(12)25)15-10(17)3-2-4-11(15)18/h2-6,12H,7-8H2,1H3,(H,19,22)/t12-/m1/s1. The zero-order chi connectivity index (χ0) is 17.6. The third kappa shape index (κ3) is 2.57. The second kappa shape index (κ2) is 5.76. The Morgan fingerprint density at radius 2 is 1.92 bits per heavy atom. The number of nitrogens with one attached hydrogen (secondary N) is 1. The van der Waals surface area contributed by atoms with Crippen molar-refractivity contribution in [2.75, 3.05) is 16.8 Å². The fourth-order valence-electron chi connectivity index (χ4n) is 2.93. The lowest BCUT2D eigenvalue weighted by molar-refractivity contribution is -0.117. The van der Waals surface area contributed by atoms with E-state index in [9.17, 15) is 13.6 Å². The highest BCUT2D eigenvalue weighted by molar-refractivity contribution is 6.01. The van der Waals surface area contributed by atoms with E-state index in [0.717, 1.165) is 17.0 Å². The van der Waals surface area contributed by atoms with Gasteiger partial charge in [-0.05, 0) is 37.6 Å². The van der Waals surface area contributed by atoms with Crippen molar-refractivity contribution in [1.82, 2.24) is 19.8 Å². The predicted octanol–water partition coefficient (Wildman–Crippen LogP) is 1.93. The van der Waals surface area contributed by atoms with Gasteiger partial charge in [-0.3, -0.25) is 4.79 Å². The molecule has 1 saturated heterocycles. The third-order valence-corrected chi connectivity index (χ3v) is 4.15. The molecule has 1 aliphatic heterocycles. The molecule has 1 atom stereocenters. The van der Waals surface area contributed by atoms with Gasteiger partial charge in [0.05, 0.1) is 0 Å². The number of hydrogen-bond acceptors (Lipinski definition) is 5. The van der Waals surface area contributed by atoms with E-state index in [2.05, 4.69) is 20.6 Å². The molecule has 3 aromatic rings. The lowest BCUT2D eigenvalue weighted by Crippen LogP contribution is -2.34. The Labute approximate surface area is 141 Å². The van der Waals surface area contributed by atoms with Gasteiger partial charge in [0.15, 0.2) is 11.5 Å². The SMILES string of the molecule is Cc1nnc2ccc(N[C@@H]3CCN(c4c(F)cccc4F)C3=O)nn12. The van der Waals surface area contributed by atoms with Crippen molar-refractivity contribution in [3.8, 4) is 0 Å². The van der Waals surface area contributed by atoms with E-state index in [4.69, 9.17) is 0 Å². The number of halogens is 2. The Morgan fingerprint density at radius 3 is 2.68 bits per heavy atom. The van der Waals surface area contributed by atoms with Crippen LogP contribution in [-0.2, 0) is 4.79 Å². The van der Waals surface area contributed by atoms with E-state index in [-0.39, 0.29) is 12.2 Å². The number of aromatic nitrogens is 4. The second-order valence-corrected chi connectivity index (χ2v) is 5.78. The van der Waals surface area contributed by atoms with Crippen molar-refractivity contribution in [2.24, 2.45) is 0 Å². The smallest absolute Gasteiger partial charge is 0.249 e. The number of aryl methyl sites for hydroxylation is 1. The van der Waals surface area contributed by atoms with Gasteiger partial charge in [-0.2, -0.15) is 4.52 Å². The van der Waals surface area contributed by atoms with Crippen molar-refractivity contribution in [1.29, 1.82) is 0 Å². The van der Waals surface area contributed by atoms with Crippen LogP contribution in [0.25, 0.3) is 5.65 Å². The van der Waals surface area contributed by atoms with Crippen LogP contribution in [0.4, 0.5) is 20.3 Å². The molecule has 0 spiro atoms. The van der Waals surface area contributed by atoms with E-state index in [0.29, 0.717) is 23.7 Å². The maximum absolute atomic E-state index is 13.9. The van der Waals surface area contributed by atoms with Gasteiger partial charge in [0, 0.05) is 6.54 Å². The van der Waals surface area contributed by atoms with Crippen LogP contribution in [0.1, 0.15) is 12.2 Å². The number of anilines is 2. The van der Waals surface area contributed by atoms with Gasteiger partial charge in [-0.25, -0.2) is 8.78 Å². The van der Waals surface area contributed by atoms with E-state index in [1.54, 1.807) is 23.6 Å². The van der Waals surface area contributed by atoms with Crippen molar-refractivity contribution in [3.63, 3.8) is 0 Å². The Morgan fingerprint density at radius 1 is 1.16 bits per heavy atom. The first kappa shape index (κ1) is 15.4. The summed E-state index contributed by atoms with van der Waals surface area (Å²) in [6.07, 6.45) is 0.410. The van der Waals surface area contributed by atoms with E-state index in [1.165, 1.54) is 6.07 Å². The predicted molar refractivity (Wildman–Crippen MR) is 86.3 cm³/mol. The maximum atomic E-state index is 13.9. The molecule has 0 radical (unpaired) electrons. The number of carbonyl (C=O) groups is 1. The van der Waals surface area contributed by atoms with Crippen LogP contribution >= 0.6 is 0 Å². The van der Waals surface area contributed by atoms with Crippen LogP contribution < -0.4 is 10.2 Å². The van der Waals surface area contributed by atoms with Gasteiger partial charge < -0.3 is 10.2 Å². The van der Waals surface area contributed by atoms with Gasteiger partial charge in [-0.15, -0.1) is 15.3 Å². The zero-order valence-corrected chi connectivity index (χ0v) is 13.3. The van der Waals surface area contributed by atoms with Crippen LogP contribution in [0.5, 0.6) is 0 Å². The maximum Gasteiger partial charge on any atom is 0.249 e. The topological polar surface area (TPSA) is 75.4 Å². The molecule has 1 amide bonds. The molecule has 3 heterocycles. The lowest BCUT2D eigenvalue weighted by atomic mass is 10.2. The van der Waals surface area contributed by atoms with E-state index < -0.39 is 23.6 Å². The summed E-state index contributed by atoms with van der Waals surface area (Å²) in [4.78, 5) is 13.7. The molecule has 0 unspecified atom stereocenters. The molecular formula is C16H14F2N6O. The average molecular weight is 344 g/mol. The first-order chi connectivity index (χ1) is 12.0. The zero-order valence-electron chi connectivity index (χ0n) is 13.3. The molecular weight excluding hydrogens is 330 g/mol. The molecule has 0 aliphatic carbocycles. The lowest BCUT2D eigenvalue weighted by Gasteiger charge is -2.18. The van der Waals surface area contributed by atoms with Crippen molar-refractivity contribution in [3.05, 3.63) is 47.8 Å². The number of hydrogen-bond donors (Lipinski definition) is 1. The van der Waals surface area contributed by atoms with Gasteiger partial charge >= 0.3 is 0 Å². The summed E-state index contributed by atoms with van der Waals surface area (Å²) in [6, 6.07) is 6.34. The number of fused-ring (bicyclic) bond motifs is 1. The van der Waals surface area contributed by atoms with Crippen LogP contribution in [-0.4, -0.2) is 38.3 Å². The quantitative estimate of drug-likeness (QED) is 0.786. The molecule has 7 nitrogen and oxygen atoms in total. The minimum absolute atomic E-state index is 0.224. The fourth-order valence-corrected chi connectivity index (χ4v) is 2.93. The molecule has 1 fully saturated rings. The molecule has 4 rings (SSSR count). The first-order valence-electron chi connectivity index (χ1n) is 7.75. The number of para-hydroxylation sites is 1. The summed E-state index contributed by atoms with van der Waals surface area (Å²) < 4.78 is 29.4. The Balaban J connectivity index is 1.58. The molecule has 25 heavy (non-hydrogen) atoms.